The first-order chi connectivity index (χ1) is 9.15. The molecule has 2 aromatic rings. The zero-order valence-electron chi connectivity index (χ0n) is 9.84. The number of carbonyl (C=O) groups is 1. The predicted octanol–water partition coefficient (Wildman–Crippen LogP) is 2.44. The first-order valence-electron chi connectivity index (χ1n) is 5.40. The van der Waals surface area contributed by atoms with E-state index in [2.05, 4.69) is 15.3 Å². The third-order valence-corrected chi connectivity index (χ3v) is 3.41. The molecular weight excluding hydrogens is 284 g/mol. The highest BCUT2D eigenvalue weighted by atomic mass is 35.5. The second kappa shape index (κ2) is 6.40. The minimum atomic E-state index is -0.141. The first kappa shape index (κ1) is 13.6. The van der Waals surface area contributed by atoms with E-state index < -0.39 is 0 Å². The van der Waals surface area contributed by atoms with Crippen LogP contribution in [0.4, 0.5) is 11.5 Å². The number of rotatable bonds is 4. The smallest absolute Gasteiger partial charge is 0.234 e. The molecule has 98 valence electrons. The van der Waals surface area contributed by atoms with Gasteiger partial charge < -0.3 is 11.1 Å². The highest BCUT2D eigenvalue weighted by Crippen LogP contribution is 2.20. The third kappa shape index (κ3) is 4.11. The minimum absolute atomic E-state index is 0.141. The van der Waals surface area contributed by atoms with Gasteiger partial charge >= 0.3 is 0 Å². The van der Waals surface area contributed by atoms with E-state index in [1.54, 1.807) is 24.3 Å². The number of nitrogens with two attached hydrogens (primary N) is 1. The van der Waals surface area contributed by atoms with Gasteiger partial charge in [0.1, 0.15) is 5.03 Å². The van der Waals surface area contributed by atoms with Gasteiger partial charge in [0.2, 0.25) is 5.91 Å². The molecule has 1 amide bonds. The van der Waals surface area contributed by atoms with Crippen LogP contribution < -0.4 is 11.1 Å². The fourth-order valence-corrected chi connectivity index (χ4v) is 2.11. The van der Waals surface area contributed by atoms with Gasteiger partial charge in [-0.3, -0.25) is 4.79 Å². The first-order valence-corrected chi connectivity index (χ1v) is 6.76. The average molecular weight is 295 g/mol. The minimum Gasteiger partial charge on any atom is -0.381 e. The van der Waals surface area contributed by atoms with E-state index in [9.17, 15) is 4.79 Å². The van der Waals surface area contributed by atoms with Crippen molar-refractivity contribution in [3.63, 3.8) is 0 Å². The fourth-order valence-electron chi connectivity index (χ4n) is 1.31. The van der Waals surface area contributed by atoms with Crippen LogP contribution >= 0.6 is 23.4 Å². The van der Waals surface area contributed by atoms with Gasteiger partial charge in [-0.2, -0.15) is 0 Å². The number of nitrogens with one attached hydrogen (secondary N) is 1. The van der Waals surface area contributed by atoms with Crippen molar-refractivity contribution in [1.82, 2.24) is 9.97 Å². The molecule has 5 nitrogen and oxygen atoms in total. The summed E-state index contributed by atoms with van der Waals surface area (Å²) in [4.78, 5) is 19.7. The Kier molecular flexibility index (Phi) is 4.59. The van der Waals surface area contributed by atoms with E-state index >= 15 is 0 Å². The second-order valence-corrected chi connectivity index (χ2v) is 4.99. The molecule has 1 aromatic carbocycles. The lowest BCUT2D eigenvalue weighted by Gasteiger charge is -2.05. The average Bonchev–Trinajstić information content (AvgIpc) is 2.40. The highest BCUT2D eigenvalue weighted by molar-refractivity contribution is 8.00. The van der Waals surface area contributed by atoms with Crippen LogP contribution in [0.1, 0.15) is 0 Å². The van der Waals surface area contributed by atoms with Crippen molar-refractivity contribution in [2.24, 2.45) is 0 Å². The van der Waals surface area contributed by atoms with Crippen molar-refractivity contribution >= 4 is 40.8 Å². The summed E-state index contributed by atoms with van der Waals surface area (Å²) in [6, 6.07) is 6.90. The molecule has 0 unspecified atom stereocenters. The molecule has 0 bridgehead atoms. The van der Waals surface area contributed by atoms with E-state index in [-0.39, 0.29) is 11.7 Å². The number of nitrogen functional groups attached to an aromatic ring is 1. The van der Waals surface area contributed by atoms with Crippen LogP contribution in [0.25, 0.3) is 0 Å². The standard InChI is InChI=1S/C12H11ClN4OS/c13-8-1-3-9(4-2-8)17-10(18)7-19-12-11(14)15-5-6-16-12/h1-6H,7H2,(H2,14,15)(H,17,18). The number of hydrogen-bond donors (Lipinski definition) is 2. The number of halogens is 1. The molecule has 0 aliphatic heterocycles. The summed E-state index contributed by atoms with van der Waals surface area (Å²) in [6.07, 6.45) is 3.04. The maximum atomic E-state index is 11.7. The van der Waals surface area contributed by atoms with Gasteiger partial charge in [0.05, 0.1) is 5.75 Å². The zero-order valence-corrected chi connectivity index (χ0v) is 11.4. The van der Waals surface area contributed by atoms with Crippen molar-refractivity contribution in [2.45, 2.75) is 5.03 Å². The molecule has 19 heavy (non-hydrogen) atoms. The lowest BCUT2D eigenvalue weighted by molar-refractivity contribution is -0.113. The van der Waals surface area contributed by atoms with Gasteiger partial charge in [-0.05, 0) is 24.3 Å². The van der Waals surface area contributed by atoms with Crippen LogP contribution in [0.2, 0.25) is 5.02 Å². The van der Waals surface area contributed by atoms with Crippen molar-refractivity contribution in [1.29, 1.82) is 0 Å². The number of aromatic nitrogens is 2. The molecular formula is C12H11ClN4OS. The Morgan fingerprint density at radius 2 is 1.95 bits per heavy atom. The van der Waals surface area contributed by atoms with Crippen LogP contribution in [0.3, 0.4) is 0 Å². The van der Waals surface area contributed by atoms with Gasteiger partial charge in [0.15, 0.2) is 5.82 Å². The van der Waals surface area contributed by atoms with Gasteiger partial charge in [-0.25, -0.2) is 9.97 Å². The van der Waals surface area contributed by atoms with Crippen LogP contribution in [-0.2, 0) is 4.79 Å². The normalized spacial score (nSPS) is 10.2. The molecule has 0 radical (unpaired) electrons. The van der Waals surface area contributed by atoms with Crippen molar-refractivity contribution in [3.05, 3.63) is 41.7 Å². The number of hydrogen-bond acceptors (Lipinski definition) is 5. The third-order valence-electron chi connectivity index (χ3n) is 2.16. The van der Waals surface area contributed by atoms with Crippen molar-refractivity contribution in [3.8, 4) is 0 Å². The number of nitrogens with zero attached hydrogens (tertiary/aromatic N) is 2. The van der Waals surface area contributed by atoms with E-state index in [1.807, 2.05) is 0 Å². The van der Waals surface area contributed by atoms with E-state index in [1.165, 1.54) is 24.2 Å². The topological polar surface area (TPSA) is 80.9 Å². The molecule has 0 spiro atoms. The lowest BCUT2D eigenvalue weighted by atomic mass is 10.3. The Labute approximate surface area is 119 Å². The lowest BCUT2D eigenvalue weighted by Crippen LogP contribution is -2.14. The van der Waals surface area contributed by atoms with E-state index in [0.29, 0.717) is 21.6 Å². The Balaban J connectivity index is 1.88. The molecule has 1 aromatic heterocycles. The maximum Gasteiger partial charge on any atom is 0.234 e. The van der Waals surface area contributed by atoms with Gasteiger partial charge in [-0.15, -0.1) is 0 Å². The molecule has 7 heteroatoms. The Morgan fingerprint density at radius 1 is 1.26 bits per heavy atom. The van der Waals surface area contributed by atoms with Crippen molar-refractivity contribution in [2.75, 3.05) is 16.8 Å². The monoisotopic (exact) mass is 294 g/mol. The second-order valence-electron chi connectivity index (χ2n) is 3.59. The largest absolute Gasteiger partial charge is 0.381 e. The molecule has 0 aliphatic carbocycles. The summed E-state index contributed by atoms with van der Waals surface area (Å²) in [5, 5.41) is 3.93. The molecule has 0 fully saturated rings. The molecule has 3 N–H and O–H groups in total. The van der Waals surface area contributed by atoms with Crippen molar-refractivity contribution < 1.29 is 4.79 Å². The number of amides is 1. The zero-order chi connectivity index (χ0) is 13.7. The molecule has 0 aliphatic rings. The summed E-state index contributed by atoms with van der Waals surface area (Å²) >= 11 is 7.00. The molecule has 1 heterocycles. The SMILES string of the molecule is Nc1nccnc1SCC(=O)Nc1ccc(Cl)cc1. The summed E-state index contributed by atoms with van der Waals surface area (Å²) < 4.78 is 0. The van der Waals surface area contributed by atoms with Crippen LogP contribution in [0.15, 0.2) is 41.7 Å². The van der Waals surface area contributed by atoms with Crippen LogP contribution in [-0.4, -0.2) is 21.6 Å². The number of anilines is 2. The van der Waals surface area contributed by atoms with Crippen LogP contribution in [0, 0.1) is 0 Å². The van der Waals surface area contributed by atoms with Gasteiger partial charge in [0.25, 0.3) is 0 Å². The Bertz CT molecular complexity index is 576. The van der Waals surface area contributed by atoms with E-state index in [0.717, 1.165) is 0 Å². The molecule has 0 atom stereocenters. The van der Waals surface area contributed by atoms with E-state index in [4.69, 9.17) is 17.3 Å². The molecule has 0 saturated heterocycles. The summed E-state index contributed by atoms with van der Waals surface area (Å²) in [5.41, 5.74) is 6.33. The fraction of sp³-hybridized carbons (Fsp3) is 0.0833. The van der Waals surface area contributed by atoms with Gasteiger partial charge in [-0.1, -0.05) is 23.4 Å². The summed E-state index contributed by atoms with van der Waals surface area (Å²) in [5.74, 6) is 0.398. The molecule has 2 rings (SSSR count). The predicted molar refractivity (Wildman–Crippen MR) is 77.3 cm³/mol. The molecule has 0 saturated carbocycles. The summed E-state index contributed by atoms with van der Waals surface area (Å²) in [6.45, 7) is 0. The number of thioether (sulfide) groups is 1. The highest BCUT2D eigenvalue weighted by Gasteiger charge is 2.07. The summed E-state index contributed by atoms with van der Waals surface area (Å²) in [7, 11) is 0. The van der Waals surface area contributed by atoms with Crippen LogP contribution in [0.5, 0.6) is 0 Å². The number of carbonyl (C=O) groups excluding carboxylic acids is 1. The van der Waals surface area contributed by atoms with Gasteiger partial charge in [0, 0.05) is 23.1 Å². The maximum absolute atomic E-state index is 11.7. The number of benzene rings is 1. The Hall–Kier alpha value is -1.79. The quantitative estimate of drug-likeness (QED) is 0.847. The Morgan fingerprint density at radius 3 is 2.63 bits per heavy atom.